The van der Waals surface area contributed by atoms with Crippen LogP contribution >= 0.6 is 0 Å². The van der Waals surface area contributed by atoms with Crippen molar-refractivity contribution in [3.05, 3.63) is 108 Å². The van der Waals surface area contributed by atoms with Crippen molar-refractivity contribution in [1.29, 1.82) is 0 Å². The molecular weight excluding hydrogens is 406 g/mol. The first-order valence-corrected chi connectivity index (χ1v) is 11.6. The van der Waals surface area contributed by atoms with Gasteiger partial charge in [0, 0.05) is 10.9 Å². The van der Waals surface area contributed by atoms with E-state index in [1.807, 2.05) is 67.6 Å². The van der Waals surface area contributed by atoms with Gasteiger partial charge in [-0.3, -0.25) is 0 Å². The number of furan rings is 1. The number of hydrogen-bond donors (Lipinski definition) is 0. The number of allylic oxidation sites excluding steroid dienone is 6. The number of aromatic nitrogens is 1. The third kappa shape index (κ3) is 3.27. The minimum atomic E-state index is -3.87. The van der Waals surface area contributed by atoms with Crippen LogP contribution in [-0.4, -0.2) is 12.4 Å². The van der Waals surface area contributed by atoms with Crippen molar-refractivity contribution in [1.82, 2.24) is 3.97 Å². The molecule has 0 atom stereocenters. The van der Waals surface area contributed by atoms with Crippen LogP contribution in [0.1, 0.15) is 17.7 Å². The summed E-state index contributed by atoms with van der Waals surface area (Å²) in [5, 5.41) is 0.859. The Hall–Kier alpha value is -3.57. The molecule has 0 fully saturated rings. The fraction of sp³-hybridized carbons (Fsp3) is 0.0769. The Bertz CT molecular complexity index is 1470. The quantitative estimate of drug-likeness (QED) is 0.381. The topological polar surface area (TPSA) is 52.2 Å². The van der Waals surface area contributed by atoms with E-state index in [-0.39, 0.29) is 4.90 Å². The Balaban J connectivity index is 1.94. The van der Waals surface area contributed by atoms with Crippen molar-refractivity contribution < 1.29 is 12.8 Å². The fourth-order valence-electron chi connectivity index (χ4n) is 3.98. The van der Waals surface area contributed by atoms with Crippen molar-refractivity contribution in [2.75, 3.05) is 0 Å². The van der Waals surface area contributed by atoms with Crippen LogP contribution in [0.3, 0.4) is 0 Å². The smallest absolute Gasteiger partial charge is 0.268 e. The van der Waals surface area contributed by atoms with Gasteiger partial charge in [0.1, 0.15) is 11.5 Å². The minimum Gasteiger partial charge on any atom is -0.460 e. The second-order valence-corrected chi connectivity index (χ2v) is 9.21. The zero-order valence-electron chi connectivity index (χ0n) is 17.0. The minimum absolute atomic E-state index is 0.233. The third-order valence-corrected chi connectivity index (χ3v) is 7.09. The summed E-state index contributed by atoms with van der Waals surface area (Å²) in [6.45, 7) is 1.86. The molecule has 0 unspecified atom stereocenters. The number of hydrogen-bond acceptors (Lipinski definition) is 3. The number of rotatable bonds is 4. The van der Waals surface area contributed by atoms with Gasteiger partial charge in [0.2, 0.25) is 0 Å². The number of aryl methyl sites for hydroxylation is 1. The molecule has 0 bridgehead atoms. The molecule has 0 amide bonds. The van der Waals surface area contributed by atoms with Crippen molar-refractivity contribution >= 4 is 26.5 Å². The summed E-state index contributed by atoms with van der Waals surface area (Å²) in [6.07, 6.45) is 11.0. The van der Waals surface area contributed by atoms with E-state index in [2.05, 4.69) is 12.2 Å². The van der Waals surface area contributed by atoms with E-state index in [1.54, 1.807) is 24.3 Å². The standard InChI is InChI=1S/C26H21NO3S/c1-19-17-18-24(30-19)26-25(20-11-5-2-3-6-12-20)22-15-9-10-16-23(22)27(26)31(28,29)21-13-7-4-8-14-21/h2,4-18H,3H2,1H3. The number of benzene rings is 2. The monoisotopic (exact) mass is 427 g/mol. The maximum absolute atomic E-state index is 13.9. The fourth-order valence-corrected chi connectivity index (χ4v) is 5.53. The summed E-state index contributed by atoms with van der Waals surface area (Å²) in [4.78, 5) is 0.233. The van der Waals surface area contributed by atoms with Crippen LogP contribution in [0, 0.1) is 6.92 Å². The number of nitrogens with zero attached hydrogens (tertiary/aromatic N) is 1. The largest absolute Gasteiger partial charge is 0.460 e. The molecule has 0 saturated heterocycles. The highest BCUT2D eigenvalue weighted by Crippen LogP contribution is 2.41. The van der Waals surface area contributed by atoms with E-state index in [9.17, 15) is 8.42 Å². The highest BCUT2D eigenvalue weighted by molar-refractivity contribution is 7.90. The molecule has 1 aliphatic carbocycles. The molecule has 31 heavy (non-hydrogen) atoms. The summed E-state index contributed by atoms with van der Waals surface area (Å²) >= 11 is 0. The average Bonchev–Trinajstić information content (AvgIpc) is 3.25. The lowest BCUT2D eigenvalue weighted by Gasteiger charge is -2.12. The van der Waals surface area contributed by atoms with Gasteiger partial charge in [-0.15, -0.1) is 0 Å². The Kier molecular flexibility index (Phi) is 4.75. The molecule has 1 aliphatic rings. The second kappa shape index (κ2) is 7.60. The molecule has 2 heterocycles. The van der Waals surface area contributed by atoms with Crippen molar-refractivity contribution in [3.63, 3.8) is 0 Å². The third-order valence-electron chi connectivity index (χ3n) is 5.36. The van der Waals surface area contributed by atoms with E-state index >= 15 is 0 Å². The SMILES string of the molecule is Cc1ccc(-c2c(C3=CC=CCC=C3)c3ccccc3n2S(=O)(=O)c2ccccc2)o1. The first kappa shape index (κ1) is 19.4. The van der Waals surface area contributed by atoms with Gasteiger partial charge in [-0.2, -0.15) is 0 Å². The molecular formula is C26H21NO3S. The molecule has 0 spiro atoms. The van der Waals surface area contributed by atoms with Gasteiger partial charge in [0.15, 0.2) is 5.76 Å². The van der Waals surface area contributed by atoms with Gasteiger partial charge >= 0.3 is 0 Å². The number of fused-ring (bicyclic) bond motifs is 1. The highest BCUT2D eigenvalue weighted by atomic mass is 32.2. The van der Waals surface area contributed by atoms with Crippen LogP contribution in [0.2, 0.25) is 0 Å². The van der Waals surface area contributed by atoms with E-state index in [4.69, 9.17) is 4.42 Å². The lowest BCUT2D eigenvalue weighted by Crippen LogP contribution is -2.14. The summed E-state index contributed by atoms with van der Waals surface area (Å²) in [5.41, 5.74) is 2.93. The van der Waals surface area contributed by atoms with Gasteiger partial charge in [-0.1, -0.05) is 66.8 Å². The van der Waals surface area contributed by atoms with Gasteiger partial charge in [-0.05, 0) is 49.2 Å². The first-order chi connectivity index (χ1) is 15.1. The molecule has 154 valence electrons. The molecule has 4 nitrogen and oxygen atoms in total. The van der Waals surface area contributed by atoms with Gasteiger partial charge in [0.05, 0.1) is 10.4 Å². The summed E-state index contributed by atoms with van der Waals surface area (Å²) in [6, 6.07) is 19.8. The summed E-state index contributed by atoms with van der Waals surface area (Å²) in [7, 11) is -3.87. The van der Waals surface area contributed by atoms with Crippen LogP contribution in [-0.2, 0) is 10.0 Å². The van der Waals surface area contributed by atoms with Crippen molar-refractivity contribution in [2.45, 2.75) is 18.2 Å². The van der Waals surface area contributed by atoms with E-state index in [0.29, 0.717) is 17.0 Å². The number of para-hydroxylation sites is 1. The Morgan fingerprint density at radius 3 is 2.45 bits per heavy atom. The van der Waals surface area contributed by atoms with Gasteiger partial charge in [0.25, 0.3) is 10.0 Å². The Morgan fingerprint density at radius 2 is 1.68 bits per heavy atom. The predicted octanol–water partition coefficient (Wildman–Crippen LogP) is 6.35. The lowest BCUT2D eigenvalue weighted by atomic mass is 10.00. The zero-order valence-corrected chi connectivity index (χ0v) is 17.8. The summed E-state index contributed by atoms with van der Waals surface area (Å²) < 4.78 is 35.2. The van der Waals surface area contributed by atoms with Crippen LogP contribution in [0.15, 0.2) is 106 Å². The predicted molar refractivity (Wildman–Crippen MR) is 124 cm³/mol. The molecule has 2 aromatic heterocycles. The van der Waals surface area contributed by atoms with Crippen LogP contribution in [0.4, 0.5) is 0 Å². The first-order valence-electron chi connectivity index (χ1n) is 10.1. The van der Waals surface area contributed by atoms with Crippen LogP contribution in [0.25, 0.3) is 27.9 Å². The van der Waals surface area contributed by atoms with E-state index in [1.165, 1.54) is 3.97 Å². The van der Waals surface area contributed by atoms with Crippen molar-refractivity contribution in [2.24, 2.45) is 0 Å². The van der Waals surface area contributed by atoms with Gasteiger partial charge in [-0.25, -0.2) is 12.4 Å². The molecule has 0 radical (unpaired) electrons. The molecule has 0 N–H and O–H groups in total. The van der Waals surface area contributed by atoms with E-state index < -0.39 is 10.0 Å². The highest BCUT2D eigenvalue weighted by Gasteiger charge is 2.30. The lowest BCUT2D eigenvalue weighted by molar-refractivity contribution is 0.544. The maximum Gasteiger partial charge on any atom is 0.268 e. The zero-order chi connectivity index (χ0) is 21.4. The van der Waals surface area contributed by atoms with Crippen molar-refractivity contribution in [3.8, 4) is 11.5 Å². The molecule has 5 rings (SSSR count). The van der Waals surface area contributed by atoms with Gasteiger partial charge < -0.3 is 4.42 Å². The average molecular weight is 428 g/mol. The Morgan fingerprint density at radius 1 is 0.903 bits per heavy atom. The molecule has 0 aliphatic heterocycles. The molecule has 2 aromatic carbocycles. The van der Waals surface area contributed by atoms with Crippen LogP contribution < -0.4 is 0 Å². The van der Waals surface area contributed by atoms with Crippen LogP contribution in [0.5, 0.6) is 0 Å². The summed E-state index contributed by atoms with van der Waals surface area (Å²) in [5.74, 6) is 1.24. The maximum atomic E-state index is 13.9. The Labute approximate surface area is 181 Å². The molecule has 5 heteroatoms. The van der Waals surface area contributed by atoms with E-state index in [0.717, 1.165) is 28.7 Å². The molecule has 4 aromatic rings. The molecule has 0 saturated carbocycles. The normalized spacial score (nSPS) is 14.0. The second-order valence-electron chi connectivity index (χ2n) is 7.42.